The Bertz CT molecular complexity index is 318. The molecule has 0 saturated heterocycles. The number of hydrogen-bond acceptors (Lipinski definition) is 3. The molecule has 0 aliphatic heterocycles. The molecule has 0 bridgehead atoms. The SMILES string of the molecule is O=C(O)CO[CH]C(=O)c1ccccc1. The van der Waals surface area contributed by atoms with E-state index in [2.05, 4.69) is 4.74 Å². The second kappa shape index (κ2) is 5.14. The van der Waals surface area contributed by atoms with Gasteiger partial charge >= 0.3 is 5.97 Å². The van der Waals surface area contributed by atoms with Gasteiger partial charge in [0.1, 0.15) is 6.61 Å². The maximum absolute atomic E-state index is 11.3. The Hall–Kier alpha value is -1.68. The van der Waals surface area contributed by atoms with E-state index in [1.165, 1.54) is 0 Å². The van der Waals surface area contributed by atoms with Gasteiger partial charge in [0.25, 0.3) is 0 Å². The summed E-state index contributed by atoms with van der Waals surface area (Å²) in [4.78, 5) is 21.3. The number of ether oxygens (including phenoxy) is 1. The first kappa shape index (κ1) is 10.4. The van der Waals surface area contributed by atoms with Crippen molar-refractivity contribution in [2.75, 3.05) is 6.61 Å². The highest BCUT2D eigenvalue weighted by Gasteiger charge is 2.06. The third-order valence-corrected chi connectivity index (χ3v) is 1.46. The third-order valence-electron chi connectivity index (χ3n) is 1.46. The van der Waals surface area contributed by atoms with Gasteiger partial charge in [-0.2, -0.15) is 0 Å². The van der Waals surface area contributed by atoms with Crippen LogP contribution >= 0.6 is 0 Å². The molecule has 1 aromatic carbocycles. The van der Waals surface area contributed by atoms with E-state index in [0.717, 1.165) is 6.61 Å². The molecule has 0 spiro atoms. The van der Waals surface area contributed by atoms with E-state index in [1.807, 2.05) is 0 Å². The molecule has 0 unspecified atom stereocenters. The number of benzene rings is 1. The van der Waals surface area contributed by atoms with Crippen LogP contribution in [0.3, 0.4) is 0 Å². The van der Waals surface area contributed by atoms with Gasteiger partial charge < -0.3 is 9.84 Å². The molecule has 73 valence electrons. The highest BCUT2D eigenvalue weighted by atomic mass is 16.5. The lowest BCUT2D eigenvalue weighted by atomic mass is 10.1. The molecule has 1 rings (SSSR count). The zero-order valence-electron chi connectivity index (χ0n) is 7.34. The molecule has 14 heavy (non-hydrogen) atoms. The topological polar surface area (TPSA) is 63.6 Å². The van der Waals surface area contributed by atoms with Crippen LogP contribution in [0.5, 0.6) is 0 Å². The zero-order chi connectivity index (χ0) is 10.4. The van der Waals surface area contributed by atoms with E-state index in [9.17, 15) is 9.59 Å². The highest BCUT2D eigenvalue weighted by molar-refractivity contribution is 6.01. The Balaban J connectivity index is 2.40. The average Bonchev–Trinajstić information content (AvgIpc) is 2.18. The van der Waals surface area contributed by atoms with Crippen molar-refractivity contribution in [3.63, 3.8) is 0 Å². The minimum Gasteiger partial charge on any atom is -0.480 e. The summed E-state index contributed by atoms with van der Waals surface area (Å²) in [6.45, 7) is 0.405. The summed E-state index contributed by atoms with van der Waals surface area (Å²) >= 11 is 0. The van der Waals surface area contributed by atoms with E-state index in [4.69, 9.17) is 5.11 Å². The molecular formula is C10H9O4. The van der Waals surface area contributed by atoms with Gasteiger partial charge in [-0.1, -0.05) is 30.3 Å². The molecule has 0 aliphatic rings. The Morgan fingerprint density at radius 1 is 1.29 bits per heavy atom. The Labute approximate surface area is 81.1 Å². The lowest BCUT2D eigenvalue weighted by Crippen LogP contribution is -2.09. The summed E-state index contributed by atoms with van der Waals surface area (Å²) in [5, 5.41) is 8.24. The predicted molar refractivity (Wildman–Crippen MR) is 48.7 cm³/mol. The molecule has 0 aromatic heterocycles. The fourth-order valence-electron chi connectivity index (χ4n) is 0.859. The Morgan fingerprint density at radius 2 is 1.93 bits per heavy atom. The fourth-order valence-corrected chi connectivity index (χ4v) is 0.859. The fraction of sp³-hybridized carbons (Fsp3) is 0.100. The maximum atomic E-state index is 11.3. The van der Waals surface area contributed by atoms with Crippen molar-refractivity contribution in [3.8, 4) is 0 Å². The van der Waals surface area contributed by atoms with Crippen LogP contribution in [0.15, 0.2) is 30.3 Å². The number of hydrogen-bond donors (Lipinski definition) is 1. The van der Waals surface area contributed by atoms with E-state index < -0.39 is 12.6 Å². The molecule has 0 fully saturated rings. The highest BCUT2D eigenvalue weighted by Crippen LogP contribution is 2.02. The van der Waals surface area contributed by atoms with E-state index >= 15 is 0 Å². The first-order valence-electron chi connectivity index (χ1n) is 3.96. The van der Waals surface area contributed by atoms with Crippen LogP contribution in [0.4, 0.5) is 0 Å². The van der Waals surface area contributed by atoms with Gasteiger partial charge in [-0.3, -0.25) is 4.79 Å². The minimum absolute atomic E-state index is 0.341. The van der Waals surface area contributed by atoms with Crippen LogP contribution in [0.1, 0.15) is 10.4 Å². The molecule has 1 radical (unpaired) electrons. The van der Waals surface area contributed by atoms with Crippen LogP contribution in [0, 0.1) is 6.61 Å². The van der Waals surface area contributed by atoms with Crippen LogP contribution in [0.2, 0.25) is 0 Å². The molecule has 1 N–H and O–H groups in total. The second-order valence-corrected chi connectivity index (χ2v) is 2.55. The lowest BCUT2D eigenvalue weighted by molar-refractivity contribution is -0.140. The van der Waals surface area contributed by atoms with Crippen molar-refractivity contribution >= 4 is 11.8 Å². The molecule has 4 nitrogen and oxygen atoms in total. The molecule has 0 saturated carbocycles. The van der Waals surface area contributed by atoms with Gasteiger partial charge in [0.2, 0.25) is 0 Å². The number of carbonyl (C=O) groups excluding carboxylic acids is 1. The lowest BCUT2D eigenvalue weighted by Gasteiger charge is -1.99. The quantitative estimate of drug-likeness (QED) is 0.712. The number of Topliss-reactive ketones (excluding diaryl/α,β-unsaturated/α-hetero) is 1. The summed E-state index contributed by atoms with van der Waals surface area (Å²) in [5.41, 5.74) is 0.470. The third kappa shape index (κ3) is 3.37. The van der Waals surface area contributed by atoms with E-state index in [-0.39, 0.29) is 5.78 Å². The molecule has 0 aliphatic carbocycles. The molecule has 0 atom stereocenters. The number of ketones is 1. The van der Waals surface area contributed by atoms with Gasteiger partial charge in [-0.25, -0.2) is 4.79 Å². The first-order valence-corrected chi connectivity index (χ1v) is 3.96. The average molecular weight is 193 g/mol. The number of carboxylic acid groups (broad SMARTS) is 1. The van der Waals surface area contributed by atoms with Crippen LogP contribution in [0.25, 0.3) is 0 Å². The van der Waals surface area contributed by atoms with E-state index in [1.54, 1.807) is 30.3 Å². The van der Waals surface area contributed by atoms with Crippen LogP contribution < -0.4 is 0 Å². The Morgan fingerprint density at radius 3 is 2.50 bits per heavy atom. The van der Waals surface area contributed by atoms with Crippen molar-refractivity contribution in [2.24, 2.45) is 0 Å². The number of carboxylic acids is 1. The summed E-state index contributed by atoms with van der Waals surface area (Å²) in [7, 11) is 0. The minimum atomic E-state index is -1.11. The molecule has 1 aromatic rings. The van der Waals surface area contributed by atoms with Crippen molar-refractivity contribution in [2.45, 2.75) is 0 Å². The first-order chi connectivity index (χ1) is 6.70. The van der Waals surface area contributed by atoms with Gasteiger partial charge in [0, 0.05) is 5.56 Å². The van der Waals surface area contributed by atoms with Crippen molar-refractivity contribution in [3.05, 3.63) is 42.5 Å². The monoisotopic (exact) mass is 193 g/mol. The summed E-state index contributed by atoms with van der Waals surface area (Å²) in [6, 6.07) is 8.48. The molecular weight excluding hydrogens is 184 g/mol. The molecule has 4 heteroatoms. The summed E-state index contributed by atoms with van der Waals surface area (Å²) < 4.78 is 4.54. The molecule has 0 amide bonds. The van der Waals surface area contributed by atoms with Crippen molar-refractivity contribution in [1.82, 2.24) is 0 Å². The van der Waals surface area contributed by atoms with Gasteiger partial charge in [0.15, 0.2) is 12.4 Å². The normalized spacial score (nSPS) is 9.71. The second-order valence-electron chi connectivity index (χ2n) is 2.55. The standard InChI is InChI=1S/C10H9O4/c11-9(6-14-7-10(12)13)8-4-2-1-3-5-8/h1-6H,7H2,(H,12,13). The largest absolute Gasteiger partial charge is 0.480 e. The van der Waals surface area contributed by atoms with Crippen molar-refractivity contribution < 1.29 is 19.4 Å². The smallest absolute Gasteiger partial charge is 0.329 e. The number of rotatable bonds is 5. The number of aliphatic carboxylic acids is 1. The maximum Gasteiger partial charge on any atom is 0.329 e. The predicted octanol–water partition coefficient (Wildman–Crippen LogP) is 1.13. The number of carbonyl (C=O) groups is 2. The van der Waals surface area contributed by atoms with Crippen LogP contribution in [-0.2, 0) is 9.53 Å². The zero-order valence-corrected chi connectivity index (χ0v) is 7.34. The van der Waals surface area contributed by atoms with Gasteiger partial charge in [-0.05, 0) is 0 Å². The summed E-state index contributed by atoms with van der Waals surface area (Å²) in [6.07, 6.45) is 0. The van der Waals surface area contributed by atoms with E-state index in [0.29, 0.717) is 5.56 Å². The summed E-state index contributed by atoms with van der Waals surface area (Å²) in [5.74, 6) is -1.45. The molecule has 0 heterocycles. The van der Waals surface area contributed by atoms with Crippen LogP contribution in [-0.4, -0.2) is 23.5 Å². The van der Waals surface area contributed by atoms with Gasteiger partial charge in [-0.15, -0.1) is 0 Å². The Kier molecular flexibility index (Phi) is 3.82. The van der Waals surface area contributed by atoms with Crippen molar-refractivity contribution in [1.29, 1.82) is 0 Å². The van der Waals surface area contributed by atoms with Gasteiger partial charge in [0.05, 0.1) is 0 Å².